The number of likely N-dealkylation sites (tertiary alicyclic amines) is 1. The molecule has 34 heavy (non-hydrogen) atoms. The molecular weight excluding hydrogens is 450 g/mol. The van der Waals surface area contributed by atoms with Crippen LogP contribution in [0.25, 0.3) is 10.9 Å². The van der Waals surface area contributed by atoms with Gasteiger partial charge in [-0.1, -0.05) is 12.1 Å². The van der Waals surface area contributed by atoms with E-state index in [9.17, 15) is 18.8 Å². The molecule has 0 bridgehead atoms. The Hall–Kier alpha value is -3.82. The smallest absolute Gasteiger partial charge is 0.382 e. The summed E-state index contributed by atoms with van der Waals surface area (Å²) in [6, 6.07) is 7.07. The molecule has 1 aliphatic heterocycles. The van der Waals surface area contributed by atoms with E-state index in [4.69, 9.17) is 9.15 Å². The molecule has 1 aliphatic rings. The Labute approximate surface area is 193 Å². The number of furan rings is 1. The SMILES string of the molecule is COC(=O)C(=O)c1occ2nc(OC)c(C(=O)N3CCC(F)(Cc4ccc(F)cc4)CC3)cc12. The van der Waals surface area contributed by atoms with Gasteiger partial charge in [0, 0.05) is 19.5 Å². The number of esters is 1. The fourth-order valence-electron chi connectivity index (χ4n) is 4.06. The molecule has 2 aromatic heterocycles. The number of piperidine rings is 1. The lowest BCUT2D eigenvalue weighted by Gasteiger charge is -2.36. The van der Waals surface area contributed by atoms with Gasteiger partial charge in [0.25, 0.3) is 5.91 Å². The number of alkyl halides is 1. The highest BCUT2D eigenvalue weighted by Crippen LogP contribution is 2.33. The van der Waals surface area contributed by atoms with Gasteiger partial charge in [-0.3, -0.25) is 9.59 Å². The van der Waals surface area contributed by atoms with Gasteiger partial charge >= 0.3 is 11.8 Å². The summed E-state index contributed by atoms with van der Waals surface area (Å²) in [7, 11) is 2.41. The third kappa shape index (κ3) is 4.48. The van der Waals surface area contributed by atoms with E-state index in [1.165, 1.54) is 36.5 Å². The number of methoxy groups -OCH3 is 2. The predicted molar refractivity (Wildman–Crippen MR) is 116 cm³/mol. The van der Waals surface area contributed by atoms with Gasteiger partial charge in [0.2, 0.25) is 5.88 Å². The first-order valence-corrected chi connectivity index (χ1v) is 10.6. The Morgan fingerprint density at radius 1 is 1.15 bits per heavy atom. The van der Waals surface area contributed by atoms with E-state index >= 15 is 4.39 Å². The Morgan fingerprint density at radius 3 is 2.44 bits per heavy atom. The average molecular weight is 472 g/mol. The monoisotopic (exact) mass is 472 g/mol. The number of benzene rings is 1. The Balaban J connectivity index is 1.55. The van der Waals surface area contributed by atoms with Crippen molar-refractivity contribution in [2.45, 2.75) is 24.9 Å². The van der Waals surface area contributed by atoms with Crippen LogP contribution in [0, 0.1) is 5.82 Å². The molecule has 1 fully saturated rings. The molecular formula is C24H22F2N2O6. The van der Waals surface area contributed by atoms with Gasteiger partial charge in [-0.05, 0) is 36.6 Å². The van der Waals surface area contributed by atoms with E-state index in [2.05, 4.69) is 9.72 Å². The molecule has 3 heterocycles. The maximum absolute atomic E-state index is 15.4. The van der Waals surface area contributed by atoms with Gasteiger partial charge in [-0.15, -0.1) is 0 Å². The number of ketones is 1. The van der Waals surface area contributed by atoms with Crippen molar-refractivity contribution in [3.05, 3.63) is 59.3 Å². The number of hydrogen-bond donors (Lipinski definition) is 0. The summed E-state index contributed by atoms with van der Waals surface area (Å²) in [5.41, 5.74) is -0.560. The Kier molecular flexibility index (Phi) is 6.32. The molecule has 1 amide bonds. The van der Waals surface area contributed by atoms with Gasteiger partial charge in [-0.2, -0.15) is 0 Å². The number of carbonyl (C=O) groups is 3. The van der Waals surface area contributed by atoms with Crippen LogP contribution in [-0.2, 0) is 16.0 Å². The van der Waals surface area contributed by atoms with E-state index in [1.807, 2.05) is 0 Å². The number of nitrogens with zero attached hydrogens (tertiary/aromatic N) is 2. The molecule has 0 spiro atoms. The lowest BCUT2D eigenvalue weighted by molar-refractivity contribution is -0.135. The zero-order valence-electron chi connectivity index (χ0n) is 18.6. The summed E-state index contributed by atoms with van der Waals surface area (Å²) in [5.74, 6) is -3.25. The lowest BCUT2D eigenvalue weighted by Crippen LogP contribution is -2.45. The second kappa shape index (κ2) is 9.20. The van der Waals surface area contributed by atoms with Crippen molar-refractivity contribution >= 4 is 28.6 Å². The zero-order valence-corrected chi connectivity index (χ0v) is 18.6. The van der Waals surface area contributed by atoms with Crippen molar-refractivity contribution in [3.63, 3.8) is 0 Å². The lowest BCUT2D eigenvalue weighted by atomic mass is 9.87. The topological polar surface area (TPSA) is 98.9 Å². The number of pyridine rings is 1. The summed E-state index contributed by atoms with van der Waals surface area (Å²) in [5, 5.41) is 0.160. The molecule has 8 nitrogen and oxygen atoms in total. The van der Waals surface area contributed by atoms with Crippen LogP contribution < -0.4 is 4.74 Å². The fraction of sp³-hybridized carbons (Fsp3) is 0.333. The van der Waals surface area contributed by atoms with Crippen LogP contribution in [0.2, 0.25) is 0 Å². The van der Waals surface area contributed by atoms with Crippen molar-refractivity contribution < 1.29 is 37.1 Å². The van der Waals surface area contributed by atoms with Gasteiger partial charge in [0.15, 0.2) is 5.76 Å². The minimum absolute atomic E-state index is 0.0127. The van der Waals surface area contributed by atoms with Crippen LogP contribution in [0.1, 0.15) is 39.3 Å². The van der Waals surface area contributed by atoms with Crippen LogP contribution in [0.4, 0.5) is 8.78 Å². The average Bonchev–Trinajstić information content (AvgIpc) is 3.26. The molecule has 0 saturated carbocycles. The van der Waals surface area contributed by atoms with Crippen molar-refractivity contribution in [2.24, 2.45) is 0 Å². The molecule has 4 rings (SSSR count). The second-order valence-corrected chi connectivity index (χ2v) is 8.11. The fourth-order valence-corrected chi connectivity index (χ4v) is 4.06. The summed E-state index contributed by atoms with van der Waals surface area (Å²) >= 11 is 0. The minimum atomic E-state index is -1.52. The van der Waals surface area contributed by atoms with E-state index in [0.29, 0.717) is 5.56 Å². The second-order valence-electron chi connectivity index (χ2n) is 8.11. The van der Waals surface area contributed by atoms with Gasteiger partial charge < -0.3 is 18.8 Å². The predicted octanol–water partition coefficient (Wildman–Crippen LogP) is 3.52. The molecule has 0 atom stereocenters. The molecule has 0 unspecified atom stereocenters. The van der Waals surface area contributed by atoms with E-state index in [1.54, 1.807) is 12.1 Å². The number of aromatic nitrogens is 1. The van der Waals surface area contributed by atoms with E-state index in [0.717, 1.165) is 7.11 Å². The summed E-state index contributed by atoms with van der Waals surface area (Å²) in [4.78, 5) is 42.8. The molecule has 1 aromatic carbocycles. The Bertz CT molecular complexity index is 1250. The molecule has 3 aromatic rings. The first-order valence-electron chi connectivity index (χ1n) is 10.6. The number of ether oxygens (including phenoxy) is 2. The number of Topliss-reactive ketones (excluding diaryl/α,β-unsaturated/α-hetero) is 1. The molecule has 178 valence electrons. The minimum Gasteiger partial charge on any atom is -0.480 e. The van der Waals surface area contributed by atoms with Crippen LogP contribution in [0.3, 0.4) is 0 Å². The van der Waals surface area contributed by atoms with E-state index < -0.39 is 23.3 Å². The van der Waals surface area contributed by atoms with Crippen molar-refractivity contribution in [1.29, 1.82) is 0 Å². The van der Waals surface area contributed by atoms with Crippen LogP contribution in [-0.4, -0.2) is 60.5 Å². The number of carbonyl (C=O) groups excluding carboxylic acids is 3. The Morgan fingerprint density at radius 2 is 1.82 bits per heavy atom. The molecule has 0 N–H and O–H groups in total. The molecule has 0 radical (unpaired) electrons. The highest BCUT2D eigenvalue weighted by Gasteiger charge is 2.37. The number of halogens is 2. The number of rotatable bonds is 6. The first-order chi connectivity index (χ1) is 16.2. The maximum Gasteiger partial charge on any atom is 0.382 e. The molecule has 0 aliphatic carbocycles. The highest BCUT2D eigenvalue weighted by molar-refractivity contribution is 6.42. The van der Waals surface area contributed by atoms with Gasteiger partial charge in [0.1, 0.15) is 28.8 Å². The normalized spacial score (nSPS) is 15.2. The first kappa shape index (κ1) is 23.3. The molecule has 10 heteroatoms. The van der Waals surface area contributed by atoms with Crippen LogP contribution >= 0.6 is 0 Å². The van der Waals surface area contributed by atoms with Crippen molar-refractivity contribution in [1.82, 2.24) is 9.88 Å². The summed E-state index contributed by atoms with van der Waals surface area (Å²) < 4.78 is 43.4. The number of fused-ring (bicyclic) bond motifs is 1. The third-order valence-electron chi connectivity index (χ3n) is 5.93. The molecule has 1 saturated heterocycles. The standard InChI is InChI=1S/C24H22F2N2O6/c1-32-21-17(11-16-18(27-21)13-34-20(16)19(29)23(31)33-2)22(30)28-9-7-24(26,8-10-28)12-14-3-5-15(25)6-4-14/h3-6,11,13H,7-10,12H2,1-2H3. The van der Waals surface area contributed by atoms with Crippen LogP contribution in [0.5, 0.6) is 5.88 Å². The summed E-state index contributed by atoms with van der Waals surface area (Å²) in [6.07, 6.45) is 1.51. The zero-order chi connectivity index (χ0) is 24.5. The van der Waals surface area contributed by atoms with Crippen molar-refractivity contribution in [3.8, 4) is 5.88 Å². The number of hydrogen-bond acceptors (Lipinski definition) is 7. The van der Waals surface area contributed by atoms with E-state index in [-0.39, 0.29) is 66.3 Å². The third-order valence-corrected chi connectivity index (χ3v) is 5.93. The largest absolute Gasteiger partial charge is 0.480 e. The van der Waals surface area contributed by atoms with Gasteiger partial charge in [-0.25, -0.2) is 18.6 Å². The summed E-state index contributed by atoms with van der Waals surface area (Å²) in [6.45, 7) is 0.300. The van der Waals surface area contributed by atoms with Crippen molar-refractivity contribution in [2.75, 3.05) is 27.3 Å². The maximum atomic E-state index is 15.4. The van der Waals surface area contributed by atoms with Crippen LogP contribution in [0.15, 0.2) is 41.0 Å². The van der Waals surface area contributed by atoms with Gasteiger partial charge in [0.05, 0.1) is 19.6 Å². The highest BCUT2D eigenvalue weighted by atomic mass is 19.1. The quantitative estimate of drug-likeness (QED) is 0.308. The number of amides is 1.